The van der Waals surface area contributed by atoms with Crippen LogP contribution in [0.15, 0.2) is 53.9 Å². The molecule has 1 heterocycles. The van der Waals surface area contributed by atoms with Crippen LogP contribution < -0.4 is 0 Å². The summed E-state index contributed by atoms with van der Waals surface area (Å²) in [5.74, 6) is 0.777. The van der Waals surface area contributed by atoms with Gasteiger partial charge < -0.3 is 0 Å². The first kappa shape index (κ1) is 15.4. The van der Waals surface area contributed by atoms with E-state index < -0.39 is 0 Å². The molecule has 0 spiro atoms. The fourth-order valence-electron chi connectivity index (χ4n) is 2.01. The summed E-state index contributed by atoms with van der Waals surface area (Å²) in [6.07, 6.45) is 1.70. The molecule has 3 nitrogen and oxygen atoms in total. The summed E-state index contributed by atoms with van der Waals surface area (Å²) < 4.78 is 1.93. The van der Waals surface area contributed by atoms with Crippen LogP contribution in [-0.2, 0) is 5.75 Å². The number of aryl methyl sites for hydroxylation is 1. The molecule has 0 saturated heterocycles. The minimum absolute atomic E-state index is 0.733. The number of nitrogens with zero attached hydrogens (tertiary/aromatic N) is 3. The SMILES string of the molecule is Cc1ccc(-n2cnnc2SCc2cccc(Cl)c2)cc1Cl. The summed E-state index contributed by atoms with van der Waals surface area (Å²) in [6, 6.07) is 13.7. The predicted molar refractivity (Wildman–Crippen MR) is 92.1 cm³/mol. The van der Waals surface area contributed by atoms with Crippen LogP contribution in [0.2, 0.25) is 10.0 Å². The zero-order chi connectivity index (χ0) is 15.5. The van der Waals surface area contributed by atoms with Crippen LogP contribution in [0.1, 0.15) is 11.1 Å². The van der Waals surface area contributed by atoms with Gasteiger partial charge in [-0.3, -0.25) is 4.57 Å². The van der Waals surface area contributed by atoms with Crippen molar-refractivity contribution in [2.75, 3.05) is 0 Å². The summed E-state index contributed by atoms with van der Waals surface area (Å²) in [7, 11) is 0. The van der Waals surface area contributed by atoms with Crippen molar-refractivity contribution in [3.8, 4) is 5.69 Å². The number of aromatic nitrogens is 3. The molecule has 0 aliphatic rings. The number of benzene rings is 2. The molecule has 3 rings (SSSR count). The van der Waals surface area contributed by atoms with Crippen molar-refractivity contribution in [2.24, 2.45) is 0 Å². The second kappa shape index (κ2) is 6.73. The van der Waals surface area contributed by atoms with Gasteiger partial charge in [-0.05, 0) is 42.3 Å². The summed E-state index contributed by atoms with van der Waals surface area (Å²) in [4.78, 5) is 0. The van der Waals surface area contributed by atoms with Gasteiger partial charge in [-0.1, -0.05) is 53.2 Å². The van der Waals surface area contributed by atoms with Gasteiger partial charge in [-0.15, -0.1) is 10.2 Å². The zero-order valence-corrected chi connectivity index (χ0v) is 14.2. The number of halogens is 2. The quantitative estimate of drug-likeness (QED) is 0.608. The lowest BCUT2D eigenvalue weighted by Gasteiger charge is -2.08. The molecule has 2 aromatic carbocycles. The Bertz CT molecular complexity index is 802. The molecule has 0 atom stereocenters. The molecule has 0 unspecified atom stereocenters. The lowest BCUT2D eigenvalue weighted by Crippen LogP contribution is -1.96. The summed E-state index contributed by atoms with van der Waals surface area (Å²) in [5, 5.41) is 10.5. The Morgan fingerprint density at radius 1 is 1.14 bits per heavy atom. The maximum Gasteiger partial charge on any atom is 0.195 e. The van der Waals surface area contributed by atoms with E-state index in [9.17, 15) is 0 Å². The molecule has 0 N–H and O–H groups in total. The van der Waals surface area contributed by atoms with Crippen LogP contribution >= 0.6 is 35.0 Å². The molecular weight excluding hydrogens is 337 g/mol. The number of rotatable bonds is 4. The van der Waals surface area contributed by atoms with Crippen LogP contribution in [0.4, 0.5) is 0 Å². The van der Waals surface area contributed by atoms with Crippen LogP contribution in [-0.4, -0.2) is 14.8 Å². The number of hydrogen-bond acceptors (Lipinski definition) is 3. The van der Waals surface area contributed by atoms with E-state index in [0.717, 1.165) is 37.8 Å². The van der Waals surface area contributed by atoms with Crippen LogP contribution in [0.25, 0.3) is 5.69 Å². The smallest absolute Gasteiger partial charge is 0.195 e. The predicted octanol–water partition coefficient (Wildman–Crippen LogP) is 5.17. The molecule has 3 aromatic rings. The number of thioether (sulfide) groups is 1. The first-order valence-electron chi connectivity index (χ1n) is 6.67. The normalized spacial score (nSPS) is 10.9. The van der Waals surface area contributed by atoms with Gasteiger partial charge in [0.15, 0.2) is 5.16 Å². The lowest BCUT2D eigenvalue weighted by molar-refractivity contribution is 0.883. The second-order valence-corrected chi connectivity index (χ2v) is 6.62. The Morgan fingerprint density at radius 3 is 2.77 bits per heavy atom. The Labute approximate surface area is 143 Å². The highest BCUT2D eigenvalue weighted by Crippen LogP contribution is 2.26. The maximum atomic E-state index is 6.20. The molecule has 0 aliphatic heterocycles. The molecule has 6 heteroatoms. The minimum Gasteiger partial charge on any atom is -0.277 e. The fourth-order valence-corrected chi connectivity index (χ4v) is 3.27. The summed E-state index contributed by atoms with van der Waals surface area (Å²) >= 11 is 13.8. The first-order chi connectivity index (χ1) is 10.6. The minimum atomic E-state index is 0.733. The Morgan fingerprint density at radius 2 is 2.00 bits per heavy atom. The molecule has 0 radical (unpaired) electrons. The third kappa shape index (κ3) is 3.46. The van der Waals surface area contributed by atoms with E-state index in [1.165, 1.54) is 0 Å². The van der Waals surface area contributed by atoms with Gasteiger partial charge in [0.1, 0.15) is 6.33 Å². The van der Waals surface area contributed by atoms with E-state index in [1.54, 1.807) is 18.1 Å². The third-order valence-electron chi connectivity index (χ3n) is 3.21. The van der Waals surface area contributed by atoms with Crippen molar-refractivity contribution in [2.45, 2.75) is 17.8 Å². The van der Waals surface area contributed by atoms with Crippen LogP contribution in [0.5, 0.6) is 0 Å². The Hall–Kier alpha value is -1.49. The Balaban J connectivity index is 1.81. The van der Waals surface area contributed by atoms with Crippen molar-refractivity contribution in [1.82, 2.24) is 14.8 Å². The second-order valence-electron chi connectivity index (χ2n) is 4.84. The number of hydrogen-bond donors (Lipinski definition) is 0. The van der Waals surface area contributed by atoms with Gasteiger partial charge in [0.2, 0.25) is 0 Å². The van der Waals surface area contributed by atoms with E-state index in [1.807, 2.05) is 54.0 Å². The molecule has 22 heavy (non-hydrogen) atoms. The van der Waals surface area contributed by atoms with Crippen molar-refractivity contribution in [3.63, 3.8) is 0 Å². The fraction of sp³-hybridized carbons (Fsp3) is 0.125. The van der Waals surface area contributed by atoms with Crippen molar-refractivity contribution < 1.29 is 0 Å². The first-order valence-corrected chi connectivity index (χ1v) is 8.41. The van der Waals surface area contributed by atoms with E-state index in [0.29, 0.717) is 0 Å². The van der Waals surface area contributed by atoms with Gasteiger partial charge in [0.25, 0.3) is 0 Å². The zero-order valence-electron chi connectivity index (χ0n) is 11.8. The average molecular weight is 350 g/mol. The van der Waals surface area contributed by atoms with E-state index in [-0.39, 0.29) is 0 Å². The van der Waals surface area contributed by atoms with Crippen molar-refractivity contribution in [1.29, 1.82) is 0 Å². The molecule has 0 amide bonds. The van der Waals surface area contributed by atoms with Crippen LogP contribution in [0, 0.1) is 6.92 Å². The standard InChI is InChI=1S/C16H13Cl2N3S/c1-11-5-6-14(8-15(11)18)21-10-19-20-16(21)22-9-12-3-2-4-13(17)7-12/h2-8,10H,9H2,1H3. The van der Waals surface area contributed by atoms with E-state index in [4.69, 9.17) is 23.2 Å². The highest BCUT2D eigenvalue weighted by molar-refractivity contribution is 7.98. The van der Waals surface area contributed by atoms with E-state index in [2.05, 4.69) is 10.2 Å². The third-order valence-corrected chi connectivity index (χ3v) is 4.86. The summed E-state index contributed by atoms with van der Waals surface area (Å²) in [5.41, 5.74) is 3.15. The highest BCUT2D eigenvalue weighted by Gasteiger charge is 2.09. The molecule has 112 valence electrons. The van der Waals surface area contributed by atoms with Crippen LogP contribution in [0.3, 0.4) is 0 Å². The van der Waals surface area contributed by atoms with Gasteiger partial charge in [-0.2, -0.15) is 0 Å². The molecule has 0 fully saturated rings. The highest BCUT2D eigenvalue weighted by atomic mass is 35.5. The summed E-state index contributed by atoms with van der Waals surface area (Å²) in [6.45, 7) is 1.98. The molecule has 0 bridgehead atoms. The van der Waals surface area contributed by atoms with Crippen molar-refractivity contribution in [3.05, 3.63) is 70.0 Å². The van der Waals surface area contributed by atoms with Gasteiger partial charge in [0, 0.05) is 15.8 Å². The van der Waals surface area contributed by atoms with E-state index >= 15 is 0 Å². The van der Waals surface area contributed by atoms with Gasteiger partial charge >= 0.3 is 0 Å². The molecular formula is C16H13Cl2N3S. The van der Waals surface area contributed by atoms with Gasteiger partial charge in [0.05, 0.1) is 5.69 Å². The molecule has 0 saturated carbocycles. The molecule has 1 aromatic heterocycles. The van der Waals surface area contributed by atoms with Crippen molar-refractivity contribution >= 4 is 35.0 Å². The Kier molecular flexibility index (Phi) is 4.71. The largest absolute Gasteiger partial charge is 0.277 e. The average Bonchev–Trinajstić information content (AvgIpc) is 2.96. The maximum absolute atomic E-state index is 6.20. The monoisotopic (exact) mass is 349 g/mol. The van der Waals surface area contributed by atoms with Gasteiger partial charge in [-0.25, -0.2) is 0 Å². The lowest BCUT2D eigenvalue weighted by atomic mass is 10.2. The molecule has 0 aliphatic carbocycles. The topological polar surface area (TPSA) is 30.7 Å².